The Morgan fingerprint density at radius 3 is 2.65 bits per heavy atom. The zero-order valence-corrected chi connectivity index (χ0v) is 11.9. The number of rotatable bonds is 5. The zero-order chi connectivity index (χ0) is 16.9. The van der Waals surface area contributed by atoms with Crippen LogP contribution in [-0.4, -0.2) is 22.4 Å². The largest absolute Gasteiger partial charge is 0.416 e. The third-order valence-electron chi connectivity index (χ3n) is 2.75. The smallest absolute Gasteiger partial charge is 0.347 e. The summed E-state index contributed by atoms with van der Waals surface area (Å²) in [4.78, 5) is 19.5. The van der Waals surface area contributed by atoms with Crippen LogP contribution in [0.2, 0.25) is 0 Å². The Bertz CT molecular complexity index is 699. The lowest BCUT2D eigenvalue weighted by Gasteiger charge is -2.10. The van der Waals surface area contributed by atoms with Crippen molar-refractivity contribution in [1.82, 2.24) is 15.3 Å². The first kappa shape index (κ1) is 16.5. The van der Waals surface area contributed by atoms with Crippen molar-refractivity contribution in [1.29, 1.82) is 0 Å². The summed E-state index contributed by atoms with van der Waals surface area (Å²) >= 11 is 0. The molecule has 1 aromatic carbocycles. The van der Waals surface area contributed by atoms with E-state index in [1.165, 1.54) is 30.6 Å². The zero-order valence-electron chi connectivity index (χ0n) is 11.9. The molecule has 0 aliphatic heterocycles. The van der Waals surface area contributed by atoms with E-state index in [1.807, 2.05) is 0 Å². The Kier molecular flexibility index (Phi) is 4.95. The standard InChI is InChI=1S/C15H13F3N4O/c1-2-6-19-14(23)12-8-21-13(9-20-12)22-11-5-3-4-10(7-11)15(16,17)18/h2-5,7-9H,1,6H2,(H,19,23)(H,21,22). The number of hydrogen-bond donors (Lipinski definition) is 2. The van der Waals surface area contributed by atoms with E-state index in [4.69, 9.17) is 0 Å². The second kappa shape index (κ2) is 6.91. The third kappa shape index (κ3) is 4.53. The lowest BCUT2D eigenvalue weighted by atomic mass is 10.2. The predicted molar refractivity (Wildman–Crippen MR) is 79.3 cm³/mol. The van der Waals surface area contributed by atoms with Crippen LogP contribution in [0, 0.1) is 0 Å². The minimum atomic E-state index is -4.42. The average molecular weight is 322 g/mol. The van der Waals surface area contributed by atoms with Gasteiger partial charge in [0.2, 0.25) is 0 Å². The molecule has 0 atom stereocenters. The van der Waals surface area contributed by atoms with Crippen molar-refractivity contribution in [2.45, 2.75) is 6.18 Å². The molecule has 23 heavy (non-hydrogen) atoms. The molecule has 2 rings (SSSR count). The molecule has 0 radical (unpaired) electrons. The van der Waals surface area contributed by atoms with Gasteiger partial charge in [-0.2, -0.15) is 13.2 Å². The topological polar surface area (TPSA) is 66.9 Å². The Balaban J connectivity index is 2.09. The summed E-state index contributed by atoms with van der Waals surface area (Å²) in [6, 6.07) is 4.70. The van der Waals surface area contributed by atoms with Crippen LogP contribution >= 0.6 is 0 Å². The van der Waals surface area contributed by atoms with Gasteiger partial charge in [0.05, 0.1) is 18.0 Å². The Labute approximate surface area is 130 Å². The van der Waals surface area contributed by atoms with Gasteiger partial charge >= 0.3 is 6.18 Å². The van der Waals surface area contributed by atoms with Gasteiger partial charge in [-0.25, -0.2) is 9.97 Å². The third-order valence-corrected chi connectivity index (χ3v) is 2.75. The summed E-state index contributed by atoms with van der Waals surface area (Å²) in [6.07, 6.45) is -0.400. The van der Waals surface area contributed by atoms with Crippen LogP contribution in [0.4, 0.5) is 24.7 Å². The van der Waals surface area contributed by atoms with Crippen molar-refractivity contribution in [3.63, 3.8) is 0 Å². The van der Waals surface area contributed by atoms with E-state index in [0.29, 0.717) is 6.54 Å². The number of nitrogens with one attached hydrogen (secondary N) is 2. The van der Waals surface area contributed by atoms with Crippen molar-refractivity contribution < 1.29 is 18.0 Å². The van der Waals surface area contributed by atoms with Crippen molar-refractivity contribution in [3.8, 4) is 0 Å². The van der Waals surface area contributed by atoms with Gasteiger partial charge in [-0.3, -0.25) is 4.79 Å². The number of amides is 1. The van der Waals surface area contributed by atoms with Crippen LogP contribution in [0.5, 0.6) is 0 Å². The molecule has 8 heteroatoms. The number of anilines is 2. The summed E-state index contributed by atoms with van der Waals surface area (Å²) in [5, 5.41) is 5.24. The normalized spacial score (nSPS) is 10.9. The van der Waals surface area contributed by atoms with Crippen LogP contribution in [0.3, 0.4) is 0 Å². The highest BCUT2D eigenvalue weighted by atomic mass is 19.4. The van der Waals surface area contributed by atoms with E-state index in [0.717, 1.165) is 12.1 Å². The summed E-state index contributed by atoms with van der Waals surface area (Å²) in [5.74, 6) is -0.187. The molecule has 1 amide bonds. The molecule has 0 aliphatic rings. The van der Waals surface area contributed by atoms with Crippen LogP contribution < -0.4 is 10.6 Å². The van der Waals surface area contributed by atoms with E-state index >= 15 is 0 Å². The quantitative estimate of drug-likeness (QED) is 0.830. The predicted octanol–water partition coefficient (Wildman–Crippen LogP) is 3.15. The van der Waals surface area contributed by atoms with Crippen LogP contribution in [0.25, 0.3) is 0 Å². The molecule has 0 aliphatic carbocycles. The van der Waals surface area contributed by atoms with E-state index in [-0.39, 0.29) is 17.2 Å². The second-order valence-electron chi connectivity index (χ2n) is 4.49. The molecular formula is C15H13F3N4O. The number of alkyl halides is 3. The van der Waals surface area contributed by atoms with Crippen molar-refractivity contribution in [2.75, 3.05) is 11.9 Å². The van der Waals surface area contributed by atoms with Gasteiger partial charge in [-0.15, -0.1) is 6.58 Å². The van der Waals surface area contributed by atoms with Gasteiger partial charge < -0.3 is 10.6 Å². The maximum atomic E-state index is 12.6. The van der Waals surface area contributed by atoms with Gasteiger partial charge in [0, 0.05) is 12.2 Å². The summed E-state index contributed by atoms with van der Waals surface area (Å²) < 4.78 is 37.9. The van der Waals surface area contributed by atoms with Gasteiger partial charge in [-0.1, -0.05) is 12.1 Å². The fourth-order valence-electron chi connectivity index (χ4n) is 1.69. The lowest BCUT2D eigenvalue weighted by Crippen LogP contribution is -2.24. The lowest BCUT2D eigenvalue weighted by molar-refractivity contribution is -0.137. The molecular weight excluding hydrogens is 309 g/mol. The average Bonchev–Trinajstić information content (AvgIpc) is 2.53. The molecule has 0 fully saturated rings. The van der Waals surface area contributed by atoms with E-state index in [1.54, 1.807) is 0 Å². The molecule has 0 saturated carbocycles. The first-order valence-electron chi connectivity index (χ1n) is 6.55. The second-order valence-corrected chi connectivity index (χ2v) is 4.49. The highest BCUT2D eigenvalue weighted by Crippen LogP contribution is 2.31. The van der Waals surface area contributed by atoms with Crippen LogP contribution in [0.1, 0.15) is 16.1 Å². The Morgan fingerprint density at radius 2 is 2.04 bits per heavy atom. The fourth-order valence-corrected chi connectivity index (χ4v) is 1.69. The maximum absolute atomic E-state index is 12.6. The maximum Gasteiger partial charge on any atom is 0.416 e. The van der Waals surface area contributed by atoms with Crippen LogP contribution in [0.15, 0.2) is 49.3 Å². The molecule has 2 N–H and O–H groups in total. The first-order chi connectivity index (χ1) is 10.9. The number of carbonyl (C=O) groups excluding carboxylic acids is 1. The Morgan fingerprint density at radius 1 is 1.26 bits per heavy atom. The number of carbonyl (C=O) groups is 1. The molecule has 2 aromatic rings. The minimum Gasteiger partial charge on any atom is -0.347 e. The van der Waals surface area contributed by atoms with Crippen molar-refractivity contribution >= 4 is 17.4 Å². The number of benzene rings is 1. The highest BCUT2D eigenvalue weighted by molar-refractivity contribution is 5.92. The monoisotopic (exact) mass is 322 g/mol. The minimum absolute atomic E-state index is 0.0986. The molecule has 1 aromatic heterocycles. The summed E-state index contributed by atoms with van der Waals surface area (Å²) in [5.41, 5.74) is -0.449. The van der Waals surface area contributed by atoms with Crippen molar-refractivity contribution in [3.05, 3.63) is 60.6 Å². The molecule has 120 valence electrons. The van der Waals surface area contributed by atoms with E-state index in [9.17, 15) is 18.0 Å². The van der Waals surface area contributed by atoms with E-state index < -0.39 is 17.6 Å². The van der Waals surface area contributed by atoms with Gasteiger partial charge in [0.1, 0.15) is 11.5 Å². The summed E-state index contributed by atoms with van der Waals surface area (Å²) in [6.45, 7) is 3.77. The van der Waals surface area contributed by atoms with Gasteiger partial charge in [0.25, 0.3) is 5.91 Å². The molecule has 0 spiro atoms. The molecule has 1 heterocycles. The molecule has 5 nitrogen and oxygen atoms in total. The van der Waals surface area contributed by atoms with Crippen LogP contribution in [-0.2, 0) is 6.18 Å². The first-order valence-corrected chi connectivity index (χ1v) is 6.55. The molecule has 0 unspecified atom stereocenters. The summed E-state index contributed by atoms with van der Waals surface area (Å²) in [7, 11) is 0. The number of nitrogens with zero attached hydrogens (tertiary/aromatic N) is 2. The number of hydrogen-bond acceptors (Lipinski definition) is 4. The van der Waals surface area contributed by atoms with Gasteiger partial charge in [0.15, 0.2) is 0 Å². The number of aromatic nitrogens is 2. The fraction of sp³-hybridized carbons (Fsp3) is 0.133. The van der Waals surface area contributed by atoms with Crippen molar-refractivity contribution in [2.24, 2.45) is 0 Å². The van der Waals surface area contributed by atoms with Gasteiger partial charge in [-0.05, 0) is 18.2 Å². The van der Waals surface area contributed by atoms with E-state index in [2.05, 4.69) is 27.2 Å². The molecule has 0 saturated heterocycles. The SMILES string of the molecule is C=CCNC(=O)c1cnc(Nc2cccc(C(F)(F)F)c2)cn1. The Hall–Kier alpha value is -2.90. The molecule has 0 bridgehead atoms. The highest BCUT2D eigenvalue weighted by Gasteiger charge is 2.30. The number of halogens is 3.